The number of nitrogens with one attached hydrogen (secondary N) is 1. The van der Waals surface area contributed by atoms with Gasteiger partial charge in [-0.25, -0.2) is 0 Å². The molecule has 0 spiro atoms. The standard InChI is InChI=1S/C15H25N3O3/c1-14(2)10-18(6-12(8-19)21-14)7-13(20)17-15(3,9-16)11-4-5-11/h11-12,19H,4-8,10H2,1-3H3,(H,17,20). The van der Waals surface area contributed by atoms with Crippen molar-refractivity contribution in [3.8, 4) is 6.07 Å². The van der Waals surface area contributed by atoms with E-state index >= 15 is 0 Å². The quantitative estimate of drug-likeness (QED) is 0.760. The lowest BCUT2D eigenvalue weighted by atomic mass is 9.98. The minimum Gasteiger partial charge on any atom is -0.394 e. The van der Waals surface area contributed by atoms with Gasteiger partial charge in [-0.1, -0.05) is 0 Å². The third kappa shape index (κ3) is 4.16. The second kappa shape index (κ2) is 5.91. The predicted octanol–water partition coefficient (Wildman–Crippen LogP) is 0.267. The summed E-state index contributed by atoms with van der Waals surface area (Å²) in [5.74, 6) is 0.137. The lowest BCUT2D eigenvalue weighted by Crippen LogP contribution is -2.57. The molecule has 0 aromatic carbocycles. The summed E-state index contributed by atoms with van der Waals surface area (Å²) in [5, 5.41) is 21.4. The SMILES string of the molecule is CC1(C)CN(CC(=O)NC(C)(C#N)C2CC2)CC(CO)O1. The molecule has 2 rings (SSSR count). The molecule has 2 aliphatic rings. The molecule has 1 aliphatic heterocycles. The van der Waals surface area contributed by atoms with E-state index in [-0.39, 0.29) is 36.7 Å². The summed E-state index contributed by atoms with van der Waals surface area (Å²) in [4.78, 5) is 14.2. The molecule has 0 bridgehead atoms. The number of morpholine rings is 1. The van der Waals surface area contributed by atoms with Crippen LogP contribution in [0.25, 0.3) is 0 Å². The Morgan fingerprint density at radius 1 is 1.57 bits per heavy atom. The Kier molecular flexibility index (Phi) is 4.57. The van der Waals surface area contributed by atoms with Gasteiger partial charge in [0.25, 0.3) is 0 Å². The van der Waals surface area contributed by atoms with Crippen LogP contribution in [-0.2, 0) is 9.53 Å². The van der Waals surface area contributed by atoms with Crippen LogP contribution in [0.3, 0.4) is 0 Å². The Labute approximate surface area is 126 Å². The highest BCUT2D eigenvalue weighted by molar-refractivity contribution is 5.79. The monoisotopic (exact) mass is 295 g/mol. The molecule has 6 nitrogen and oxygen atoms in total. The minimum absolute atomic E-state index is 0.0560. The Balaban J connectivity index is 1.91. The first-order valence-corrected chi connectivity index (χ1v) is 7.51. The molecule has 1 saturated heterocycles. The third-order valence-electron chi connectivity index (χ3n) is 4.15. The Bertz CT molecular complexity index is 442. The number of nitriles is 1. The van der Waals surface area contributed by atoms with Crippen molar-refractivity contribution in [2.45, 2.75) is 50.9 Å². The van der Waals surface area contributed by atoms with Crippen molar-refractivity contribution in [1.82, 2.24) is 10.2 Å². The molecule has 21 heavy (non-hydrogen) atoms. The maximum atomic E-state index is 12.2. The molecule has 1 heterocycles. The second-order valence-corrected chi connectivity index (χ2v) is 6.99. The number of rotatable bonds is 5. The van der Waals surface area contributed by atoms with Crippen molar-refractivity contribution in [2.75, 3.05) is 26.2 Å². The first kappa shape index (κ1) is 16.2. The van der Waals surface area contributed by atoms with Crippen LogP contribution in [0.4, 0.5) is 0 Å². The van der Waals surface area contributed by atoms with Crippen LogP contribution < -0.4 is 5.32 Å². The van der Waals surface area contributed by atoms with Gasteiger partial charge in [0.1, 0.15) is 5.54 Å². The van der Waals surface area contributed by atoms with Crippen molar-refractivity contribution in [2.24, 2.45) is 5.92 Å². The Hall–Kier alpha value is -1.16. The summed E-state index contributed by atoms with van der Waals surface area (Å²) in [6, 6.07) is 2.23. The molecule has 1 saturated carbocycles. The van der Waals surface area contributed by atoms with E-state index in [0.29, 0.717) is 13.1 Å². The number of ether oxygens (including phenoxy) is 1. The predicted molar refractivity (Wildman–Crippen MR) is 77.4 cm³/mol. The largest absolute Gasteiger partial charge is 0.394 e. The molecule has 2 unspecified atom stereocenters. The normalized spacial score (nSPS) is 28.4. The minimum atomic E-state index is -0.755. The zero-order chi connectivity index (χ0) is 15.7. The lowest BCUT2D eigenvalue weighted by Gasteiger charge is -2.42. The first-order chi connectivity index (χ1) is 9.78. The lowest BCUT2D eigenvalue weighted by molar-refractivity contribution is -0.153. The number of carbonyl (C=O) groups is 1. The molecule has 0 radical (unpaired) electrons. The highest BCUT2D eigenvalue weighted by Crippen LogP contribution is 2.39. The summed E-state index contributed by atoms with van der Waals surface area (Å²) < 4.78 is 5.73. The van der Waals surface area contributed by atoms with Gasteiger partial charge in [-0.05, 0) is 39.5 Å². The summed E-state index contributed by atoms with van der Waals surface area (Å²) in [5.41, 5.74) is -1.14. The van der Waals surface area contributed by atoms with E-state index in [2.05, 4.69) is 11.4 Å². The molecular weight excluding hydrogens is 270 g/mol. The van der Waals surface area contributed by atoms with Crippen LogP contribution in [0.1, 0.15) is 33.6 Å². The maximum Gasteiger partial charge on any atom is 0.235 e. The van der Waals surface area contributed by atoms with Crippen LogP contribution >= 0.6 is 0 Å². The number of hydrogen-bond donors (Lipinski definition) is 2. The van der Waals surface area contributed by atoms with Gasteiger partial charge < -0.3 is 15.2 Å². The summed E-state index contributed by atoms with van der Waals surface area (Å²) in [7, 11) is 0. The maximum absolute atomic E-state index is 12.2. The molecule has 0 aromatic heterocycles. The molecular formula is C15H25N3O3. The van der Waals surface area contributed by atoms with E-state index in [4.69, 9.17) is 4.74 Å². The van der Waals surface area contributed by atoms with Crippen molar-refractivity contribution < 1.29 is 14.6 Å². The van der Waals surface area contributed by atoms with Crippen molar-refractivity contribution in [1.29, 1.82) is 5.26 Å². The van der Waals surface area contributed by atoms with Gasteiger partial charge in [0, 0.05) is 13.1 Å². The van der Waals surface area contributed by atoms with Crippen LogP contribution in [-0.4, -0.2) is 59.4 Å². The first-order valence-electron chi connectivity index (χ1n) is 7.51. The van der Waals surface area contributed by atoms with E-state index in [1.165, 1.54) is 0 Å². The molecule has 2 fully saturated rings. The Morgan fingerprint density at radius 3 is 2.76 bits per heavy atom. The molecule has 0 aromatic rings. The van der Waals surface area contributed by atoms with Crippen LogP contribution in [0, 0.1) is 17.2 Å². The van der Waals surface area contributed by atoms with E-state index in [1.54, 1.807) is 6.92 Å². The van der Waals surface area contributed by atoms with Crippen LogP contribution in [0.15, 0.2) is 0 Å². The van der Waals surface area contributed by atoms with Gasteiger partial charge in [-0.15, -0.1) is 0 Å². The topological polar surface area (TPSA) is 85.6 Å². The van der Waals surface area contributed by atoms with Gasteiger partial charge >= 0.3 is 0 Å². The zero-order valence-corrected chi connectivity index (χ0v) is 13.1. The molecule has 1 amide bonds. The molecule has 118 valence electrons. The number of amides is 1. The van der Waals surface area contributed by atoms with E-state index in [0.717, 1.165) is 12.8 Å². The number of hydrogen-bond acceptors (Lipinski definition) is 5. The van der Waals surface area contributed by atoms with Crippen LogP contribution in [0.5, 0.6) is 0 Å². The third-order valence-corrected chi connectivity index (χ3v) is 4.15. The van der Waals surface area contributed by atoms with E-state index in [1.807, 2.05) is 18.7 Å². The fourth-order valence-corrected chi connectivity index (χ4v) is 3.05. The number of aliphatic hydroxyl groups excluding tert-OH is 1. The van der Waals surface area contributed by atoms with Gasteiger partial charge in [0.2, 0.25) is 5.91 Å². The smallest absolute Gasteiger partial charge is 0.235 e. The summed E-state index contributed by atoms with van der Waals surface area (Å²) in [6.07, 6.45) is 1.73. The van der Waals surface area contributed by atoms with Gasteiger partial charge in [0.15, 0.2) is 0 Å². The van der Waals surface area contributed by atoms with Crippen LogP contribution in [0.2, 0.25) is 0 Å². The van der Waals surface area contributed by atoms with Gasteiger partial charge in [-0.3, -0.25) is 9.69 Å². The molecule has 1 aliphatic carbocycles. The summed E-state index contributed by atoms with van der Waals surface area (Å²) >= 11 is 0. The second-order valence-electron chi connectivity index (χ2n) is 6.99. The fourth-order valence-electron chi connectivity index (χ4n) is 3.05. The van der Waals surface area contributed by atoms with Crippen molar-refractivity contribution in [3.05, 3.63) is 0 Å². The zero-order valence-electron chi connectivity index (χ0n) is 13.1. The number of aliphatic hydroxyl groups is 1. The highest BCUT2D eigenvalue weighted by Gasteiger charge is 2.43. The van der Waals surface area contributed by atoms with Gasteiger partial charge in [0.05, 0.1) is 30.9 Å². The van der Waals surface area contributed by atoms with Crippen molar-refractivity contribution >= 4 is 5.91 Å². The average molecular weight is 295 g/mol. The number of carbonyl (C=O) groups excluding carboxylic acids is 1. The molecule has 2 N–H and O–H groups in total. The van der Waals surface area contributed by atoms with Crippen molar-refractivity contribution in [3.63, 3.8) is 0 Å². The van der Waals surface area contributed by atoms with E-state index < -0.39 is 5.54 Å². The van der Waals surface area contributed by atoms with E-state index in [9.17, 15) is 15.2 Å². The highest BCUT2D eigenvalue weighted by atomic mass is 16.5. The Morgan fingerprint density at radius 2 is 2.24 bits per heavy atom. The van der Waals surface area contributed by atoms with Gasteiger partial charge in [-0.2, -0.15) is 5.26 Å². The number of nitrogens with zero attached hydrogens (tertiary/aromatic N) is 2. The summed E-state index contributed by atoms with van der Waals surface area (Å²) in [6.45, 7) is 7.02. The molecule has 2 atom stereocenters. The average Bonchev–Trinajstić information content (AvgIpc) is 3.20. The molecule has 6 heteroatoms. The fraction of sp³-hybridized carbons (Fsp3) is 0.867.